The molecule has 0 bridgehead atoms. The van der Waals surface area contributed by atoms with E-state index in [1.807, 2.05) is 0 Å². The molecule has 0 aromatic rings. The minimum atomic E-state index is -4.08. The standard InChI is InChI=1S/C8H14O7S2/c1-14-7(9)5-6(8(10)15-2)16-3-4-17(11,12)13/h6H,3-5H2,1-2H3,(H,11,12,13). The van der Waals surface area contributed by atoms with E-state index in [2.05, 4.69) is 9.47 Å². The number of hydrogen-bond donors (Lipinski definition) is 1. The first kappa shape index (κ1) is 16.2. The van der Waals surface area contributed by atoms with Crippen LogP contribution >= 0.6 is 11.8 Å². The largest absolute Gasteiger partial charge is 0.469 e. The summed E-state index contributed by atoms with van der Waals surface area (Å²) >= 11 is 0.910. The Balaban J connectivity index is 4.30. The van der Waals surface area contributed by atoms with Crippen LogP contribution in [0, 0.1) is 0 Å². The van der Waals surface area contributed by atoms with Gasteiger partial charge in [-0.1, -0.05) is 0 Å². The monoisotopic (exact) mass is 286 g/mol. The summed E-state index contributed by atoms with van der Waals surface area (Å²) in [6.07, 6.45) is -0.209. The third-order valence-corrected chi connectivity index (χ3v) is 3.88. The molecule has 0 saturated carbocycles. The van der Waals surface area contributed by atoms with Crippen molar-refractivity contribution >= 4 is 33.8 Å². The van der Waals surface area contributed by atoms with Crippen molar-refractivity contribution in [1.29, 1.82) is 0 Å². The fourth-order valence-electron chi connectivity index (χ4n) is 0.872. The highest BCUT2D eigenvalue weighted by atomic mass is 32.2. The first-order valence-corrected chi connectivity index (χ1v) is 7.17. The second kappa shape index (κ2) is 7.51. The molecule has 100 valence electrons. The predicted molar refractivity (Wildman–Crippen MR) is 61.3 cm³/mol. The maximum absolute atomic E-state index is 11.3. The third kappa shape index (κ3) is 8.00. The van der Waals surface area contributed by atoms with Crippen LogP contribution in [0.5, 0.6) is 0 Å². The van der Waals surface area contributed by atoms with Crippen molar-refractivity contribution in [2.45, 2.75) is 11.7 Å². The van der Waals surface area contributed by atoms with E-state index in [1.54, 1.807) is 0 Å². The Kier molecular flexibility index (Phi) is 7.16. The number of methoxy groups -OCH3 is 2. The van der Waals surface area contributed by atoms with Crippen molar-refractivity contribution in [3.63, 3.8) is 0 Å². The van der Waals surface area contributed by atoms with Crippen molar-refractivity contribution < 1.29 is 32.0 Å². The molecule has 0 fully saturated rings. The van der Waals surface area contributed by atoms with Gasteiger partial charge in [-0.2, -0.15) is 8.42 Å². The van der Waals surface area contributed by atoms with Crippen molar-refractivity contribution in [2.75, 3.05) is 25.7 Å². The van der Waals surface area contributed by atoms with Crippen LogP contribution in [0.25, 0.3) is 0 Å². The lowest BCUT2D eigenvalue weighted by atomic mass is 10.3. The lowest BCUT2D eigenvalue weighted by Crippen LogP contribution is -2.24. The van der Waals surface area contributed by atoms with Crippen molar-refractivity contribution in [2.24, 2.45) is 0 Å². The molecule has 0 amide bonds. The van der Waals surface area contributed by atoms with Gasteiger partial charge in [0.2, 0.25) is 0 Å². The summed E-state index contributed by atoms with van der Waals surface area (Å²) in [5.41, 5.74) is 0. The Bertz CT molecular complexity index is 362. The van der Waals surface area contributed by atoms with Crippen LogP contribution < -0.4 is 0 Å². The van der Waals surface area contributed by atoms with Gasteiger partial charge in [-0.25, -0.2) is 0 Å². The summed E-state index contributed by atoms with van der Waals surface area (Å²) in [6.45, 7) is 0. The van der Waals surface area contributed by atoms with Gasteiger partial charge in [0.15, 0.2) is 0 Å². The molecule has 7 nitrogen and oxygen atoms in total. The zero-order valence-corrected chi connectivity index (χ0v) is 11.0. The van der Waals surface area contributed by atoms with E-state index in [0.717, 1.165) is 18.9 Å². The van der Waals surface area contributed by atoms with Gasteiger partial charge < -0.3 is 9.47 Å². The van der Waals surface area contributed by atoms with Crippen LogP contribution in [0.4, 0.5) is 0 Å². The average molecular weight is 286 g/mol. The second-order valence-electron chi connectivity index (χ2n) is 2.95. The maximum Gasteiger partial charge on any atom is 0.319 e. The Hall–Kier alpha value is -0.800. The number of thioether (sulfide) groups is 1. The molecule has 17 heavy (non-hydrogen) atoms. The lowest BCUT2D eigenvalue weighted by molar-refractivity contribution is -0.146. The fraction of sp³-hybridized carbons (Fsp3) is 0.750. The summed E-state index contributed by atoms with van der Waals surface area (Å²) in [5.74, 6) is -1.75. The molecule has 0 radical (unpaired) electrons. The normalized spacial score (nSPS) is 12.9. The molecule has 0 aromatic carbocycles. The van der Waals surface area contributed by atoms with E-state index >= 15 is 0 Å². The van der Waals surface area contributed by atoms with E-state index in [0.29, 0.717) is 0 Å². The summed E-state index contributed by atoms with van der Waals surface area (Å²) in [7, 11) is -1.73. The van der Waals surface area contributed by atoms with Gasteiger partial charge in [-0.05, 0) is 0 Å². The van der Waals surface area contributed by atoms with Gasteiger partial charge >= 0.3 is 11.9 Å². The minimum Gasteiger partial charge on any atom is -0.469 e. The van der Waals surface area contributed by atoms with Crippen LogP contribution in [0.3, 0.4) is 0 Å². The van der Waals surface area contributed by atoms with Crippen LogP contribution in [-0.2, 0) is 29.2 Å². The van der Waals surface area contributed by atoms with Gasteiger partial charge in [0.25, 0.3) is 10.1 Å². The molecule has 0 heterocycles. The van der Waals surface area contributed by atoms with Crippen molar-refractivity contribution in [1.82, 2.24) is 0 Å². The Morgan fingerprint density at radius 1 is 1.29 bits per heavy atom. The highest BCUT2D eigenvalue weighted by Gasteiger charge is 2.24. The highest BCUT2D eigenvalue weighted by Crippen LogP contribution is 2.17. The number of carbonyl (C=O) groups excluding carboxylic acids is 2. The number of hydrogen-bond acceptors (Lipinski definition) is 7. The molecule has 1 atom stereocenters. The SMILES string of the molecule is COC(=O)CC(SCCS(=O)(=O)O)C(=O)OC. The summed E-state index contributed by atoms with van der Waals surface area (Å²) in [6, 6.07) is 0. The number of rotatable bonds is 7. The molecule has 1 unspecified atom stereocenters. The van der Waals surface area contributed by atoms with E-state index < -0.39 is 33.1 Å². The molecule has 0 aromatic heterocycles. The summed E-state index contributed by atoms with van der Waals surface area (Å²) in [5, 5.41) is -0.839. The topological polar surface area (TPSA) is 107 Å². The molecular weight excluding hydrogens is 272 g/mol. The van der Waals surface area contributed by atoms with Crippen molar-refractivity contribution in [3.8, 4) is 0 Å². The van der Waals surface area contributed by atoms with E-state index in [9.17, 15) is 18.0 Å². The maximum atomic E-state index is 11.3. The number of carbonyl (C=O) groups is 2. The zero-order chi connectivity index (χ0) is 13.5. The fourth-order valence-corrected chi connectivity index (χ4v) is 2.87. The first-order valence-electron chi connectivity index (χ1n) is 4.51. The highest BCUT2D eigenvalue weighted by molar-refractivity contribution is 8.01. The molecular formula is C8H14O7S2. The van der Waals surface area contributed by atoms with Gasteiger partial charge in [0.05, 0.1) is 26.4 Å². The molecule has 0 spiro atoms. The summed E-state index contributed by atoms with van der Waals surface area (Å²) in [4.78, 5) is 22.2. The quantitative estimate of drug-likeness (QED) is 0.502. The van der Waals surface area contributed by atoms with Gasteiger partial charge in [-0.15, -0.1) is 11.8 Å². The molecule has 0 saturated heterocycles. The minimum absolute atomic E-state index is 0.0183. The predicted octanol–water partition coefficient (Wildman–Crippen LogP) is -0.288. The van der Waals surface area contributed by atoms with E-state index in [1.165, 1.54) is 7.11 Å². The van der Waals surface area contributed by atoms with E-state index in [-0.39, 0.29) is 12.2 Å². The summed E-state index contributed by atoms with van der Waals surface area (Å²) < 4.78 is 38.3. The lowest BCUT2D eigenvalue weighted by Gasteiger charge is -2.12. The molecule has 0 aliphatic heterocycles. The number of ether oxygens (including phenoxy) is 2. The molecule has 0 rings (SSSR count). The molecule has 1 N–H and O–H groups in total. The Morgan fingerprint density at radius 2 is 1.88 bits per heavy atom. The van der Waals surface area contributed by atoms with Crippen LogP contribution in [0.2, 0.25) is 0 Å². The zero-order valence-electron chi connectivity index (χ0n) is 9.41. The van der Waals surface area contributed by atoms with Crippen LogP contribution in [0.15, 0.2) is 0 Å². The van der Waals surface area contributed by atoms with Gasteiger partial charge in [-0.3, -0.25) is 14.1 Å². The number of esters is 2. The van der Waals surface area contributed by atoms with Gasteiger partial charge in [0, 0.05) is 5.75 Å². The van der Waals surface area contributed by atoms with Crippen LogP contribution in [-0.4, -0.2) is 55.9 Å². The van der Waals surface area contributed by atoms with E-state index in [4.69, 9.17) is 4.55 Å². The van der Waals surface area contributed by atoms with Gasteiger partial charge in [0.1, 0.15) is 5.25 Å². The van der Waals surface area contributed by atoms with Crippen molar-refractivity contribution in [3.05, 3.63) is 0 Å². The van der Waals surface area contributed by atoms with Crippen LogP contribution in [0.1, 0.15) is 6.42 Å². The molecule has 9 heteroatoms. The Labute approximate surface area is 104 Å². The first-order chi connectivity index (χ1) is 7.80. The Morgan fingerprint density at radius 3 is 2.29 bits per heavy atom. The second-order valence-corrected chi connectivity index (χ2v) is 5.83. The smallest absolute Gasteiger partial charge is 0.319 e. The average Bonchev–Trinajstić information content (AvgIpc) is 2.24. The molecule has 0 aliphatic carbocycles. The third-order valence-electron chi connectivity index (χ3n) is 1.70. The molecule has 0 aliphatic rings.